The van der Waals surface area contributed by atoms with E-state index in [1.807, 2.05) is 18.2 Å². The number of aliphatic hydroxyl groups is 1. The third-order valence-corrected chi connectivity index (χ3v) is 6.97. The molecular weight excluding hydrogens is 328 g/mol. The molecule has 2 fully saturated rings. The fourth-order valence-corrected chi connectivity index (χ4v) is 5.16. The summed E-state index contributed by atoms with van der Waals surface area (Å²) in [6, 6.07) is 5.80. The number of ether oxygens (including phenoxy) is 1. The van der Waals surface area contributed by atoms with Gasteiger partial charge in [-0.15, -0.1) is 0 Å². The fraction of sp³-hybridized carbons (Fsp3) is 0.619. The maximum Gasteiger partial charge on any atom is 0.311 e. The highest BCUT2D eigenvalue weighted by Crippen LogP contribution is 2.55. The number of pyridine rings is 1. The average molecular weight is 356 g/mol. The third-order valence-electron chi connectivity index (χ3n) is 6.97. The fourth-order valence-electron chi connectivity index (χ4n) is 5.16. The molecule has 1 aliphatic heterocycles. The lowest BCUT2D eigenvalue weighted by Gasteiger charge is -2.51. The molecule has 0 radical (unpaired) electrons. The molecule has 26 heavy (non-hydrogen) atoms. The van der Waals surface area contributed by atoms with Gasteiger partial charge in [0.2, 0.25) is 0 Å². The van der Waals surface area contributed by atoms with Crippen LogP contribution in [0.1, 0.15) is 38.8 Å². The minimum absolute atomic E-state index is 0.138. The van der Waals surface area contributed by atoms with Crippen LogP contribution in [0.5, 0.6) is 0 Å². The van der Waals surface area contributed by atoms with E-state index in [0.717, 1.165) is 25.0 Å². The van der Waals surface area contributed by atoms with Crippen LogP contribution in [0, 0.1) is 23.2 Å². The minimum atomic E-state index is -0.545. The Hall–Kier alpha value is -1.72. The Bertz CT molecular complexity index is 704. The highest BCUT2D eigenvalue weighted by atomic mass is 16.6. The summed E-state index contributed by atoms with van der Waals surface area (Å²) < 4.78 is 5.68. The maximum absolute atomic E-state index is 12.5. The molecule has 2 heterocycles. The number of nitrogens with one attached hydrogen (secondary N) is 1. The molecule has 1 aromatic heterocycles. The van der Waals surface area contributed by atoms with Crippen LogP contribution < -0.4 is 5.32 Å². The Kier molecular flexibility index (Phi) is 4.61. The second kappa shape index (κ2) is 6.78. The van der Waals surface area contributed by atoms with Gasteiger partial charge in [0.25, 0.3) is 0 Å². The molecule has 5 heteroatoms. The van der Waals surface area contributed by atoms with E-state index in [1.54, 1.807) is 6.20 Å². The molecule has 2 aliphatic carbocycles. The van der Waals surface area contributed by atoms with Crippen molar-refractivity contribution in [3.05, 3.63) is 41.7 Å². The quantitative estimate of drug-likeness (QED) is 0.640. The Morgan fingerprint density at radius 3 is 3.04 bits per heavy atom. The second-order valence-electron chi connectivity index (χ2n) is 8.25. The summed E-state index contributed by atoms with van der Waals surface area (Å²) in [5.74, 6) is -0.202. The van der Waals surface area contributed by atoms with Gasteiger partial charge in [0, 0.05) is 37.0 Å². The Morgan fingerprint density at radius 2 is 2.27 bits per heavy atom. The molecule has 5 nitrogen and oxygen atoms in total. The van der Waals surface area contributed by atoms with Gasteiger partial charge >= 0.3 is 5.97 Å². The molecule has 1 saturated carbocycles. The Morgan fingerprint density at radius 1 is 1.42 bits per heavy atom. The summed E-state index contributed by atoms with van der Waals surface area (Å²) in [4.78, 5) is 16.8. The third kappa shape index (κ3) is 2.78. The average Bonchev–Trinajstić information content (AvgIpc) is 2.94. The topological polar surface area (TPSA) is 71.5 Å². The van der Waals surface area contributed by atoms with Gasteiger partial charge in [0.1, 0.15) is 6.10 Å². The van der Waals surface area contributed by atoms with E-state index in [9.17, 15) is 9.90 Å². The number of nitrogens with zero attached hydrogens (tertiary/aromatic N) is 1. The first kappa shape index (κ1) is 17.7. The Labute approximate surface area is 154 Å². The van der Waals surface area contributed by atoms with Crippen LogP contribution in [-0.4, -0.2) is 34.8 Å². The first-order valence-corrected chi connectivity index (χ1v) is 9.70. The van der Waals surface area contributed by atoms with Crippen molar-refractivity contribution in [3.8, 4) is 0 Å². The largest absolute Gasteiger partial charge is 0.461 e. The summed E-state index contributed by atoms with van der Waals surface area (Å²) in [5, 5.41) is 14.6. The number of allylic oxidation sites excluding steroid dienone is 1. The zero-order valence-corrected chi connectivity index (χ0v) is 15.5. The van der Waals surface area contributed by atoms with Crippen molar-refractivity contribution in [2.24, 2.45) is 23.2 Å². The molecule has 0 aromatic carbocycles. The van der Waals surface area contributed by atoms with Crippen LogP contribution in [0.25, 0.3) is 0 Å². The highest BCUT2D eigenvalue weighted by molar-refractivity contribution is 5.76. The van der Waals surface area contributed by atoms with Gasteiger partial charge in [-0.3, -0.25) is 9.78 Å². The summed E-state index contributed by atoms with van der Waals surface area (Å²) in [5.41, 5.74) is 1.98. The van der Waals surface area contributed by atoms with Gasteiger partial charge in [-0.05, 0) is 30.9 Å². The van der Waals surface area contributed by atoms with Gasteiger partial charge in [0.15, 0.2) is 0 Å². The molecule has 2 N–H and O–H groups in total. The molecule has 0 spiro atoms. The number of carbonyl (C=O) groups excluding carboxylic acids is 1. The van der Waals surface area contributed by atoms with E-state index in [1.165, 1.54) is 5.57 Å². The lowest BCUT2D eigenvalue weighted by molar-refractivity contribution is -0.144. The van der Waals surface area contributed by atoms with E-state index >= 15 is 0 Å². The lowest BCUT2D eigenvalue weighted by Crippen LogP contribution is -2.54. The molecule has 0 amide bonds. The van der Waals surface area contributed by atoms with Crippen molar-refractivity contribution in [2.45, 2.75) is 51.9 Å². The van der Waals surface area contributed by atoms with E-state index < -0.39 is 6.10 Å². The smallest absolute Gasteiger partial charge is 0.311 e. The normalized spacial score (nSPS) is 39.0. The summed E-state index contributed by atoms with van der Waals surface area (Å²) >= 11 is 0. The van der Waals surface area contributed by atoms with E-state index in [4.69, 9.17) is 4.74 Å². The van der Waals surface area contributed by atoms with Crippen LogP contribution >= 0.6 is 0 Å². The summed E-state index contributed by atoms with van der Waals surface area (Å²) in [7, 11) is 0. The van der Waals surface area contributed by atoms with Crippen LogP contribution in [0.4, 0.5) is 0 Å². The summed E-state index contributed by atoms with van der Waals surface area (Å²) in [6.07, 6.45) is 6.21. The molecular formula is C21H28N2O3. The first-order valence-electron chi connectivity index (χ1n) is 9.70. The van der Waals surface area contributed by atoms with Crippen molar-refractivity contribution in [3.63, 3.8) is 0 Å². The van der Waals surface area contributed by atoms with Crippen LogP contribution in [0.15, 0.2) is 36.0 Å². The molecule has 0 unspecified atom stereocenters. The molecule has 1 aromatic rings. The number of rotatable bonds is 4. The maximum atomic E-state index is 12.5. The van der Waals surface area contributed by atoms with Crippen molar-refractivity contribution < 1.29 is 14.6 Å². The van der Waals surface area contributed by atoms with Crippen molar-refractivity contribution in [1.29, 1.82) is 0 Å². The van der Waals surface area contributed by atoms with Crippen LogP contribution in [0.2, 0.25) is 0 Å². The Balaban J connectivity index is 1.50. The number of esters is 1. The van der Waals surface area contributed by atoms with Gasteiger partial charge < -0.3 is 15.2 Å². The number of aliphatic hydroxyl groups excluding tert-OH is 1. The number of fused-ring (bicyclic) bond motifs is 2. The molecule has 0 bridgehead atoms. The van der Waals surface area contributed by atoms with E-state index in [-0.39, 0.29) is 29.3 Å². The number of carbonyl (C=O) groups is 1. The monoisotopic (exact) mass is 356 g/mol. The SMILES string of the molecule is C[C@H]1CCC=C2C[C@H]3OC(=O)[C@@H](CNCc4ccccn4)[C@H]3[C@@H](O)[C@@]21C. The molecule has 6 atom stereocenters. The number of aromatic nitrogens is 1. The molecule has 3 aliphatic rings. The van der Waals surface area contributed by atoms with Crippen molar-refractivity contribution >= 4 is 5.97 Å². The van der Waals surface area contributed by atoms with Gasteiger partial charge in [-0.2, -0.15) is 0 Å². The van der Waals surface area contributed by atoms with E-state index in [0.29, 0.717) is 19.0 Å². The van der Waals surface area contributed by atoms with Crippen LogP contribution in [-0.2, 0) is 16.1 Å². The molecule has 140 valence electrons. The molecule has 1 saturated heterocycles. The number of hydrogen-bond acceptors (Lipinski definition) is 5. The van der Waals surface area contributed by atoms with Gasteiger partial charge in [0.05, 0.1) is 17.7 Å². The standard InChI is InChI=1S/C21H28N2O3/c1-13-6-5-7-14-10-17-18(19(24)21(13,14)2)16(20(25)26-17)12-22-11-15-8-3-4-9-23-15/h3-4,7-9,13,16-19,22,24H,5-6,10-12H2,1-2H3/t13-,16-,17+,18+,19+,21+/m0/s1. The molecule has 4 rings (SSSR count). The number of hydrogen-bond donors (Lipinski definition) is 2. The highest BCUT2D eigenvalue weighted by Gasteiger charge is 2.59. The van der Waals surface area contributed by atoms with E-state index in [2.05, 4.69) is 30.2 Å². The predicted molar refractivity (Wildman–Crippen MR) is 98.0 cm³/mol. The predicted octanol–water partition coefficient (Wildman–Crippen LogP) is 2.46. The van der Waals surface area contributed by atoms with Gasteiger partial charge in [-0.25, -0.2) is 0 Å². The second-order valence-corrected chi connectivity index (χ2v) is 8.25. The zero-order chi connectivity index (χ0) is 18.3. The van der Waals surface area contributed by atoms with Crippen molar-refractivity contribution in [1.82, 2.24) is 10.3 Å². The lowest BCUT2D eigenvalue weighted by atomic mass is 9.55. The van der Waals surface area contributed by atoms with Crippen molar-refractivity contribution in [2.75, 3.05) is 6.54 Å². The van der Waals surface area contributed by atoms with Crippen LogP contribution in [0.3, 0.4) is 0 Å². The zero-order valence-electron chi connectivity index (χ0n) is 15.5. The summed E-state index contributed by atoms with van der Waals surface area (Å²) in [6.45, 7) is 5.52. The minimum Gasteiger partial charge on any atom is -0.461 e. The first-order chi connectivity index (χ1) is 12.5. The van der Waals surface area contributed by atoms with Gasteiger partial charge in [-0.1, -0.05) is 31.6 Å².